The highest BCUT2D eigenvalue weighted by Crippen LogP contribution is 2.31. The number of nitrogens with two attached hydrogens (primary N) is 1. The van der Waals surface area contributed by atoms with Crippen LogP contribution < -0.4 is 11.3 Å². The van der Waals surface area contributed by atoms with Crippen molar-refractivity contribution in [2.75, 3.05) is 12.3 Å². The Morgan fingerprint density at radius 1 is 1.41 bits per heavy atom. The van der Waals surface area contributed by atoms with Gasteiger partial charge in [0.1, 0.15) is 24.9 Å². The van der Waals surface area contributed by atoms with Crippen molar-refractivity contribution in [1.82, 2.24) is 24.5 Å². The van der Waals surface area contributed by atoms with Gasteiger partial charge >= 0.3 is 5.97 Å². The second-order valence-electron chi connectivity index (χ2n) is 6.02. The third-order valence-electron chi connectivity index (χ3n) is 4.27. The van der Waals surface area contributed by atoms with Crippen LogP contribution in [0.5, 0.6) is 0 Å². The lowest BCUT2D eigenvalue weighted by atomic mass is 10.1. The monoisotopic (exact) mass is 376 g/mol. The van der Waals surface area contributed by atoms with Crippen molar-refractivity contribution in [3.8, 4) is 0 Å². The molecule has 1 fully saturated rings. The first-order chi connectivity index (χ1) is 13.0. The van der Waals surface area contributed by atoms with Crippen LogP contribution in [0.4, 0.5) is 5.95 Å². The number of carbonyl (C=O) groups is 1. The Morgan fingerprint density at radius 2 is 2.22 bits per heavy atom. The summed E-state index contributed by atoms with van der Waals surface area (Å²) in [4.78, 5) is 36.7. The van der Waals surface area contributed by atoms with Gasteiger partial charge < -0.3 is 30.4 Å². The number of esters is 1. The number of rotatable bonds is 4. The van der Waals surface area contributed by atoms with E-state index in [1.165, 1.54) is 23.2 Å². The minimum atomic E-state index is -1.36. The maximum atomic E-state index is 11.9. The van der Waals surface area contributed by atoms with Crippen molar-refractivity contribution in [3.63, 3.8) is 0 Å². The standard InChI is InChI=1S/C15H16N6O6/c16-15-19-11-8(12(24)20-15)18-5-21(11)13-10(23)9(22)7(27-13)4-26-14(25)6-1-2-17-3-6/h1-3,5,7,9-10,13,17,22-23H,4H2,(H3,16,19,20,24)/t7-,9-,10-,13-/m1/s1. The highest BCUT2D eigenvalue weighted by molar-refractivity contribution is 5.89. The molecule has 3 aromatic heterocycles. The molecule has 0 saturated carbocycles. The summed E-state index contributed by atoms with van der Waals surface area (Å²) < 4.78 is 12.0. The summed E-state index contributed by atoms with van der Waals surface area (Å²) in [5.74, 6) is -0.724. The van der Waals surface area contributed by atoms with E-state index in [4.69, 9.17) is 15.2 Å². The largest absolute Gasteiger partial charge is 0.459 e. The van der Waals surface area contributed by atoms with E-state index in [1.54, 1.807) is 6.20 Å². The molecule has 0 spiro atoms. The molecule has 4 rings (SSSR count). The Balaban J connectivity index is 1.54. The number of fused-ring (bicyclic) bond motifs is 1. The number of anilines is 1. The fourth-order valence-electron chi connectivity index (χ4n) is 2.92. The van der Waals surface area contributed by atoms with Gasteiger partial charge in [-0.3, -0.25) is 14.3 Å². The number of aliphatic hydroxyl groups excluding tert-OH is 2. The number of aliphatic hydroxyl groups is 2. The van der Waals surface area contributed by atoms with Crippen LogP contribution in [0.3, 0.4) is 0 Å². The number of nitrogens with zero attached hydrogens (tertiary/aromatic N) is 3. The third-order valence-corrected chi connectivity index (χ3v) is 4.27. The normalized spacial score (nSPS) is 25.1. The van der Waals surface area contributed by atoms with Crippen molar-refractivity contribution in [2.45, 2.75) is 24.5 Å². The molecule has 12 nitrogen and oxygen atoms in total. The van der Waals surface area contributed by atoms with E-state index in [-0.39, 0.29) is 23.7 Å². The highest BCUT2D eigenvalue weighted by atomic mass is 16.6. The summed E-state index contributed by atoms with van der Waals surface area (Å²) in [5.41, 5.74) is 5.43. The first kappa shape index (κ1) is 17.2. The molecule has 3 aromatic rings. The molecule has 4 heterocycles. The molecule has 6 N–H and O–H groups in total. The fourth-order valence-corrected chi connectivity index (χ4v) is 2.92. The maximum Gasteiger partial charge on any atom is 0.339 e. The van der Waals surface area contributed by atoms with E-state index in [2.05, 4.69) is 19.9 Å². The number of nitrogens with one attached hydrogen (secondary N) is 2. The van der Waals surface area contributed by atoms with E-state index in [9.17, 15) is 19.8 Å². The summed E-state index contributed by atoms with van der Waals surface area (Å²) in [6.45, 7) is -0.276. The quantitative estimate of drug-likeness (QED) is 0.339. The van der Waals surface area contributed by atoms with Crippen molar-refractivity contribution in [1.29, 1.82) is 0 Å². The van der Waals surface area contributed by atoms with Gasteiger partial charge in [-0.05, 0) is 6.07 Å². The highest BCUT2D eigenvalue weighted by Gasteiger charge is 2.45. The van der Waals surface area contributed by atoms with Gasteiger partial charge in [0.05, 0.1) is 11.9 Å². The Bertz CT molecular complexity index is 1030. The number of carbonyl (C=O) groups excluding carboxylic acids is 1. The number of hydrogen-bond donors (Lipinski definition) is 5. The number of ether oxygens (including phenoxy) is 2. The SMILES string of the molecule is Nc1nc2c(ncn2[C@@H]2O[C@H](COC(=O)c3cc[nH]c3)[C@@H](O)[C@H]2O)c(=O)[nH]1. The van der Waals surface area contributed by atoms with Gasteiger partial charge in [-0.1, -0.05) is 0 Å². The number of aromatic amines is 2. The van der Waals surface area contributed by atoms with Crippen LogP contribution in [0.25, 0.3) is 11.2 Å². The molecule has 0 aliphatic carbocycles. The zero-order valence-electron chi connectivity index (χ0n) is 13.8. The summed E-state index contributed by atoms with van der Waals surface area (Å²) in [7, 11) is 0. The summed E-state index contributed by atoms with van der Waals surface area (Å²) in [6, 6.07) is 1.54. The van der Waals surface area contributed by atoms with Crippen LogP contribution in [0.15, 0.2) is 29.6 Å². The molecule has 12 heteroatoms. The molecular formula is C15H16N6O6. The van der Waals surface area contributed by atoms with Crippen LogP contribution in [0.2, 0.25) is 0 Å². The second kappa shape index (κ2) is 6.50. The van der Waals surface area contributed by atoms with Gasteiger partial charge in [0.2, 0.25) is 5.95 Å². The van der Waals surface area contributed by atoms with E-state index in [0.717, 1.165) is 0 Å². The van der Waals surface area contributed by atoms with Crippen LogP contribution in [-0.2, 0) is 9.47 Å². The molecule has 0 radical (unpaired) electrons. The number of nitrogen functional groups attached to an aromatic ring is 1. The van der Waals surface area contributed by atoms with Gasteiger partial charge in [-0.15, -0.1) is 0 Å². The molecule has 27 heavy (non-hydrogen) atoms. The zero-order valence-corrected chi connectivity index (χ0v) is 13.8. The van der Waals surface area contributed by atoms with Gasteiger partial charge in [0, 0.05) is 12.4 Å². The molecule has 142 valence electrons. The van der Waals surface area contributed by atoms with Crippen molar-refractivity contribution < 1.29 is 24.5 Å². The lowest BCUT2D eigenvalue weighted by molar-refractivity contribution is -0.0565. The van der Waals surface area contributed by atoms with Gasteiger partial charge in [-0.2, -0.15) is 4.98 Å². The second-order valence-corrected chi connectivity index (χ2v) is 6.02. The molecule has 1 aliphatic heterocycles. The lowest BCUT2D eigenvalue weighted by Crippen LogP contribution is -2.34. The molecule has 1 aliphatic rings. The molecule has 0 unspecified atom stereocenters. The average molecular weight is 376 g/mol. The minimum absolute atomic E-state index is 0.0109. The number of aromatic nitrogens is 5. The Kier molecular flexibility index (Phi) is 4.14. The average Bonchev–Trinajstić information content (AvgIpc) is 3.35. The zero-order chi connectivity index (χ0) is 19.1. The number of imidazole rings is 1. The smallest absolute Gasteiger partial charge is 0.339 e. The van der Waals surface area contributed by atoms with Crippen LogP contribution >= 0.6 is 0 Å². The van der Waals surface area contributed by atoms with Crippen molar-refractivity contribution in [3.05, 3.63) is 40.7 Å². The molecule has 0 amide bonds. The minimum Gasteiger partial charge on any atom is -0.459 e. The summed E-state index contributed by atoms with van der Waals surface area (Å²) >= 11 is 0. The van der Waals surface area contributed by atoms with Crippen molar-refractivity contribution >= 4 is 23.1 Å². The summed E-state index contributed by atoms with van der Waals surface area (Å²) in [5, 5.41) is 20.6. The number of hydrogen-bond acceptors (Lipinski definition) is 9. The molecular weight excluding hydrogens is 360 g/mol. The van der Waals surface area contributed by atoms with Crippen LogP contribution in [0.1, 0.15) is 16.6 Å². The Morgan fingerprint density at radius 3 is 2.96 bits per heavy atom. The van der Waals surface area contributed by atoms with E-state index in [1.807, 2.05) is 0 Å². The van der Waals surface area contributed by atoms with E-state index >= 15 is 0 Å². The molecule has 0 aromatic carbocycles. The molecule has 4 atom stereocenters. The fraction of sp³-hybridized carbons (Fsp3) is 0.333. The lowest BCUT2D eigenvalue weighted by Gasteiger charge is -2.16. The topological polar surface area (TPSA) is 181 Å². The van der Waals surface area contributed by atoms with Gasteiger partial charge in [-0.25, -0.2) is 9.78 Å². The maximum absolute atomic E-state index is 11.9. The van der Waals surface area contributed by atoms with E-state index in [0.29, 0.717) is 5.56 Å². The van der Waals surface area contributed by atoms with Crippen molar-refractivity contribution in [2.24, 2.45) is 0 Å². The molecule has 1 saturated heterocycles. The predicted octanol–water partition coefficient (Wildman–Crippen LogP) is -1.49. The van der Waals surface area contributed by atoms with Crippen LogP contribution in [0, 0.1) is 0 Å². The van der Waals surface area contributed by atoms with Gasteiger partial charge in [0.15, 0.2) is 17.4 Å². The van der Waals surface area contributed by atoms with Crippen LogP contribution in [-0.4, -0.2) is 65.6 Å². The first-order valence-corrected chi connectivity index (χ1v) is 7.99. The summed E-state index contributed by atoms with van der Waals surface area (Å²) in [6.07, 6.45) is -0.467. The van der Waals surface area contributed by atoms with E-state index < -0.39 is 36.1 Å². The Hall–Kier alpha value is -3.22. The van der Waals surface area contributed by atoms with Gasteiger partial charge in [0.25, 0.3) is 5.56 Å². The molecule has 0 bridgehead atoms. The third kappa shape index (κ3) is 2.95. The Labute approximate surface area is 150 Å². The number of H-pyrrole nitrogens is 2. The first-order valence-electron chi connectivity index (χ1n) is 7.99. The predicted molar refractivity (Wildman–Crippen MR) is 89.6 cm³/mol.